The Hall–Kier alpha value is -1.17. The van der Waals surface area contributed by atoms with Crippen LogP contribution in [0.15, 0.2) is 0 Å². The summed E-state index contributed by atoms with van der Waals surface area (Å²) in [5, 5.41) is 4.38. The Balaban J connectivity index is 1.82. The number of piperidine rings is 1. The molecule has 1 aliphatic rings. The number of amides is 1. The molecule has 0 aromatic carbocycles. The van der Waals surface area contributed by atoms with Gasteiger partial charge in [0, 0.05) is 42.5 Å². The number of hydrogen-bond donors (Lipinski definition) is 1. The van der Waals surface area contributed by atoms with Crippen LogP contribution in [0.1, 0.15) is 59.7 Å². The summed E-state index contributed by atoms with van der Waals surface area (Å²) >= 11 is 1.43. The Morgan fingerprint density at radius 3 is 2.50 bits per heavy atom. The number of nitrogens with zero attached hydrogens (tertiary/aromatic N) is 3. The smallest absolute Gasteiger partial charge is 0.222 e. The standard InChI is InChI=1S/C16H28N4OS/c1-11(2)10-13(21)20-8-6-12(7-9-20)17-15-18-14(19-22-15)16(3,4)5/h11-12H,6-10H2,1-5H3,(H,17,18,19). The van der Waals surface area contributed by atoms with E-state index >= 15 is 0 Å². The second kappa shape index (κ2) is 6.94. The molecule has 1 aliphatic heterocycles. The fourth-order valence-electron chi connectivity index (χ4n) is 2.51. The summed E-state index contributed by atoms with van der Waals surface area (Å²) in [6.45, 7) is 12.2. The number of carbonyl (C=O) groups is 1. The predicted molar refractivity (Wildman–Crippen MR) is 91.3 cm³/mol. The monoisotopic (exact) mass is 324 g/mol. The SMILES string of the molecule is CC(C)CC(=O)N1CCC(Nc2nc(C(C)(C)C)ns2)CC1. The number of nitrogens with one attached hydrogen (secondary N) is 1. The van der Waals surface area contributed by atoms with E-state index in [1.807, 2.05) is 4.90 Å². The van der Waals surface area contributed by atoms with Crippen LogP contribution in [-0.4, -0.2) is 39.3 Å². The molecule has 2 heterocycles. The van der Waals surface area contributed by atoms with Crippen LogP contribution in [0.25, 0.3) is 0 Å². The second-order valence-electron chi connectivity index (χ2n) is 7.57. The van der Waals surface area contributed by atoms with Gasteiger partial charge in [0.1, 0.15) is 5.82 Å². The zero-order valence-electron chi connectivity index (χ0n) is 14.3. The van der Waals surface area contributed by atoms with E-state index in [1.165, 1.54) is 11.5 Å². The number of likely N-dealkylation sites (tertiary alicyclic amines) is 1. The molecule has 0 unspecified atom stereocenters. The number of hydrogen-bond acceptors (Lipinski definition) is 5. The van der Waals surface area contributed by atoms with Crippen LogP contribution < -0.4 is 5.32 Å². The Kier molecular flexibility index (Phi) is 5.42. The van der Waals surface area contributed by atoms with E-state index in [-0.39, 0.29) is 5.41 Å². The lowest BCUT2D eigenvalue weighted by Crippen LogP contribution is -2.42. The van der Waals surface area contributed by atoms with Crippen molar-refractivity contribution in [2.75, 3.05) is 18.4 Å². The largest absolute Gasteiger partial charge is 0.357 e. The van der Waals surface area contributed by atoms with Crippen molar-refractivity contribution in [1.82, 2.24) is 14.3 Å². The number of anilines is 1. The van der Waals surface area contributed by atoms with E-state index in [2.05, 4.69) is 49.3 Å². The molecule has 5 nitrogen and oxygen atoms in total. The van der Waals surface area contributed by atoms with Gasteiger partial charge in [-0.05, 0) is 18.8 Å². The number of aromatic nitrogens is 2. The van der Waals surface area contributed by atoms with Crippen molar-refractivity contribution >= 4 is 22.6 Å². The van der Waals surface area contributed by atoms with E-state index in [0.717, 1.165) is 36.9 Å². The van der Waals surface area contributed by atoms with Crippen molar-refractivity contribution in [3.8, 4) is 0 Å². The molecule has 0 spiro atoms. The van der Waals surface area contributed by atoms with Crippen molar-refractivity contribution < 1.29 is 4.79 Å². The van der Waals surface area contributed by atoms with Crippen molar-refractivity contribution in [1.29, 1.82) is 0 Å². The highest BCUT2D eigenvalue weighted by molar-refractivity contribution is 7.09. The highest BCUT2D eigenvalue weighted by Gasteiger charge is 2.25. The Labute approximate surface area is 137 Å². The van der Waals surface area contributed by atoms with E-state index in [0.29, 0.717) is 24.3 Å². The van der Waals surface area contributed by atoms with Crippen LogP contribution in [0.5, 0.6) is 0 Å². The molecule has 6 heteroatoms. The Bertz CT molecular complexity index is 498. The zero-order chi connectivity index (χ0) is 16.3. The summed E-state index contributed by atoms with van der Waals surface area (Å²) < 4.78 is 4.43. The van der Waals surface area contributed by atoms with Crippen LogP contribution in [0, 0.1) is 5.92 Å². The average Bonchev–Trinajstić information content (AvgIpc) is 2.87. The van der Waals surface area contributed by atoms with Crippen LogP contribution >= 0.6 is 11.5 Å². The molecule has 22 heavy (non-hydrogen) atoms. The van der Waals surface area contributed by atoms with Crippen molar-refractivity contribution in [2.24, 2.45) is 5.92 Å². The fraction of sp³-hybridized carbons (Fsp3) is 0.812. The molecule has 0 bridgehead atoms. The lowest BCUT2D eigenvalue weighted by atomic mass is 9.96. The first-order chi connectivity index (χ1) is 10.3. The maximum Gasteiger partial charge on any atom is 0.222 e. The summed E-state index contributed by atoms with van der Waals surface area (Å²) in [6, 6.07) is 0.392. The molecular weight excluding hydrogens is 296 g/mol. The van der Waals surface area contributed by atoms with Gasteiger partial charge in [0.25, 0.3) is 0 Å². The molecule has 0 atom stereocenters. The van der Waals surface area contributed by atoms with Gasteiger partial charge in [-0.3, -0.25) is 4.79 Å². The van der Waals surface area contributed by atoms with Gasteiger partial charge in [-0.15, -0.1) is 0 Å². The number of rotatable bonds is 4. The van der Waals surface area contributed by atoms with Gasteiger partial charge in [-0.25, -0.2) is 4.98 Å². The molecule has 124 valence electrons. The summed E-state index contributed by atoms with van der Waals surface area (Å²) in [7, 11) is 0. The molecule has 0 aliphatic carbocycles. The van der Waals surface area contributed by atoms with Crippen molar-refractivity contribution in [2.45, 2.75) is 65.3 Å². The first kappa shape index (κ1) is 17.2. The average molecular weight is 324 g/mol. The molecule has 2 rings (SSSR count). The Morgan fingerprint density at radius 1 is 1.36 bits per heavy atom. The third-order valence-corrected chi connectivity index (χ3v) is 4.50. The zero-order valence-corrected chi connectivity index (χ0v) is 15.2. The van der Waals surface area contributed by atoms with Crippen LogP contribution in [0.3, 0.4) is 0 Å². The number of carbonyl (C=O) groups excluding carboxylic acids is 1. The predicted octanol–water partition coefficient (Wildman–Crippen LogP) is 3.28. The van der Waals surface area contributed by atoms with Gasteiger partial charge in [0.15, 0.2) is 0 Å². The summed E-state index contributed by atoms with van der Waals surface area (Å²) in [5.74, 6) is 1.62. The highest BCUT2D eigenvalue weighted by atomic mass is 32.1. The van der Waals surface area contributed by atoms with E-state index in [1.54, 1.807) is 0 Å². The maximum atomic E-state index is 12.1. The van der Waals surface area contributed by atoms with Gasteiger partial charge < -0.3 is 10.2 Å². The van der Waals surface area contributed by atoms with Gasteiger partial charge in [-0.2, -0.15) is 4.37 Å². The topological polar surface area (TPSA) is 58.1 Å². The summed E-state index contributed by atoms with van der Waals surface area (Å²) in [4.78, 5) is 18.7. The first-order valence-corrected chi connectivity index (χ1v) is 8.91. The van der Waals surface area contributed by atoms with Gasteiger partial charge in [0.05, 0.1) is 0 Å². The normalized spacial score (nSPS) is 17.1. The molecule has 1 N–H and O–H groups in total. The molecule has 1 aromatic rings. The maximum absolute atomic E-state index is 12.1. The molecule has 1 fully saturated rings. The minimum atomic E-state index is -0.0109. The Morgan fingerprint density at radius 2 is 2.00 bits per heavy atom. The fourth-order valence-corrected chi connectivity index (χ4v) is 3.35. The first-order valence-electron chi connectivity index (χ1n) is 8.14. The van der Waals surface area contributed by atoms with Gasteiger partial charge >= 0.3 is 0 Å². The highest BCUT2D eigenvalue weighted by Crippen LogP contribution is 2.25. The molecule has 0 saturated carbocycles. The van der Waals surface area contributed by atoms with E-state index in [4.69, 9.17) is 0 Å². The summed E-state index contributed by atoms with van der Waals surface area (Å²) in [6.07, 6.45) is 2.62. The van der Waals surface area contributed by atoms with Crippen LogP contribution in [0.4, 0.5) is 5.13 Å². The molecule has 0 radical (unpaired) electrons. The van der Waals surface area contributed by atoms with Gasteiger partial charge in [-0.1, -0.05) is 34.6 Å². The van der Waals surface area contributed by atoms with Crippen LogP contribution in [0.2, 0.25) is 0 Å². The molecular formula is C16H28N4OS. The lowest BCUT2D eigenvalue weighted by molar-refractivity contribution is -0.132. The third kappa shape index (κ3) is 4.66. The van der Waals surface area contributed by atoms with Crippen LogP contribution in [-0.2, 0) is 10.2 Å². The quantitative estimate of drug-likeness (QED) is 0.923. The summed E-state index contributed by atoms with van der Waals surface area (Å²) in [5.41, 5.74) is -0.0109. The van der Waals surface area contributed by atoms with E-state index < -0.39 is 0 Å². The molecule has 1 saturated heterocycles. The minimum Gasteiger partial charge on any atom is -0.357 e. The lowest BCUT2D eigenvalue weighted by Gasteiger charge is -2.32. The minimum absolute atomic E-state index is 0.0109. The van der Waals surface area contributed by atoms with Crippen molar-refractivity contribution in [3.05, 3.63) is 5.82 Å². The second-order valence-corrected chi connectivity index (χ2v) is 8.32. The molecule has 1 amide bonds. The third-order valence-electron chi connectivity index (χ3n) is 3.85. The van der Waals surface area contributed by atoms with Gasteiger partial charge in [0.2, 0.25) is 11.0 Å². The molecule has 1 aromatic heterocycles. The van der Waals surface area contributed by atoms with E-state index in [9.17, 15) is 4.79 Å². The van der Waals surface area contributed by atoms with Crippen molar-refractivity contribution in [3.63, 3.8) is 0 Å².